The second-order valence-corrected chi connectivity index (χ2v) is 5.39. The molecule has 19 heavy (non-hydrogen) atoms. The zero-order chi connectivity index (χ0) is 13.4. The van der Waals surface area contributed by atoms with Crippen LogP contribution in [0, 0.1) is 11.6 Å². The number of aryl methyl sites for hydroxylation is 1. The molecule has 0 amide bonds. The van der Waals surface area contributed by atoms with Crippen LogP contribution in [0.15, 0.2) is 24.3 Å². The van der Waals surface area contributed by atoms with Crippen molar-refractivity contribution in [1.29, 1.82) is 0 Å². The van der Waals surface area contributed by atoms with Gasteiger partial charge in [0, 0.05) is 17.2 Å². The lowest BCUT2D eigenvalue weighted by molar-refractivity contribution is 0.414. The summed E-state index contributed by atoms with van der Waals surface area (Å²) in [5, 5.41) is 0. The Hall–Kier alpha value is -1.68. The topological polar surface area (TPSA) is 37.9 Å². The van der Waals surface area contributed by atoms with Gasteiger partial charge in [-0.1, -0.05) is 12.2 Å². The highest BCUT2D eigenvalue weighted by Gasteiger charge is 2.26. The van der Waals surface area contributed by atoms with Crippen LogP contribution in [0.5, 0.6) is 5.75 Å². The van der Waals surface area contributed by atoms with Crippen molar-refractivity contribution in [3.05, 3.63) is 40.3 Å². The Morgan fingerprint density at radius 2 is 2.11 bits per heavy atom. The Labute approximate surface area is 117 Å². The Morgan fingerprint density at radius 1 is 1.32 bits per heavy atom. The Kier molecular flexibility index (Phi) is 3.11. The first-order valence-electron chi connectivity index (χ1n) is 6.43. The van der Waals surface area contributed by atoms with Crippen LogP contribution in [-0.2, 0) is 0 Å². The summed E-state index contributed by atoms with van der Waals surface area (Å²) in [4.78, 5) is 7.84. The second-order valence-electron chi connectivity index (χ2n) is 4.97. The van der Waals surface area contributed by atoms with Gasteiger partial charge in [-0.2, -0.15) is 0 Å². The fraction of sp³-hybridized carbons (Fsp3) is 0.333. The molecule has 0 bridgehead atoms. The van der Waals surface area contributed by atoms with Crippen LogP contribution in [0.2, 0.25) is 0 Å². The van der Waals surface area contributed by atoms with E-state index in [2.05, 4.69) is 23.0 Å². The standard InChI is InChI=1S/C15H16N2OS/c1-9-7-11(18-2)5-6-12(9)13-8-14(19)17-15(16-13)10-3-4-10/h5-8,10H,3-4H2,1-2H3,(H,16,17,19). The molecule has 1 saturated carbocycles. The summed E-state index contributed by atoms with van der Waals surface area (Å²) in [6.07, 6.45) is 2.42. The van der Waals surface area contributed by atoms with E-state index in [4.69, 9.17) is 17.0 Å². The van der Waals surface area contributed by atoms with Gasteiger partial charge in [-0.15, -0.1) is 0 Å². The summed E-state index contributed by atoms with van der Waals surface area (Å²) >= 11 is 5.27. The van der Waals surface area contributed by atoms with E-state index in [-0.39, 0.29) is 0 Å². The van der Waals surface area contributed by atoms with Gasteiger partial charge in [0.15, 0.2) is 0 Å². The molecular weight excluding hydrogens is 256 g/mol. The van der Waals surface area contributed by atoms with Crippen LogP contribution < -0.4 is 4.74 Å². The van der Waals surface area contributed by atoms with Gasteiger partial charge in [-0.3, -0.25) is 0 Å². The summed E-state index contributed by atoms with van der Waals surface area (Å²) in [6, 6.07) is 7.99. The van der Waals surface area contributed by atoms with Crippen LogP contribution in [-0.4, -0.2) is 17.1 Å². The smallest absolute Gasteiger partial charge is 0.130 e. The summed E-state index contributed by atoms with van der Waals surface area (Å²) in [6.45, 7) is 2.08. The van der Waals surface area contributed by atoms with E-state index < -0.39 is 0 Å². The summed E-state index contributed by atoms with van der Waals surface area (Å²) in [5.74, 6) is 2.47. The lowest BCUT2D eigenvalue weighted by Gasteiger charge is -2.10. The number of H-pyrrole nitrogens is 1. The van der Waals surface area contributed by atoms with Crippen molar-refractivity contribution in [2.45, 2.75) is 25.7 Å². The van der Waals surface area contributed by atoms with E-state index in [9.17, 15) is 0 Å². The maximum Gasteiger partial charge on any atom is 0.130 e. The Bertz CT molecular complexity index is 674. The zero-order valence-electron chi connectivity index (χ0n) is 11.1. The number of benzene rings is 1. The van der Waals surface area contributed by atoms with Crippen molar-refractivity contribution in [2.75, 3.05) is 7.11 Å². The molecule has 0 unspecified atom stereocenters. The van der Waals surface area contributed by atoms with E-state index in [1.165, 1.54) is 12.8 Å². The van der Waals surface area contributed by atoms with Gasteiger partial charge in [0.2, 0.25) is 0 Å². The molecule has 1 aliphatic carbocycles. The molecule has 98 valence electrons. The van der Waals surface area contributed by atoms with Crippen molar-refractivity contribution in [2.24, 2.45) is 0 Å². The van der Waals surface area contributed by atoms with Crippen LogP contribution in [0.25, 0.3) is 11.3 Å². The molecule has 1 heterocycles. The van der Waals surface area contributed by atoms with Crippen molar-refractivity contribution in [1.82, 2.24) is 9.97 Å². The van der Waals surface area contributed by atoms with Gasteiger partial charge in [-0.05, 0) is 49.6 Å². The summed E-state index contributed by atoms with van der Waals surface area (Å²) in [5.41, 5.74) is 3.36. The number of hydrogen-bond acceptors (Lipinski definition) is 3. The number of nitrogens with zero attached hydrogens (tertiary/aromatic N) is 1. The third-order valence-electron chi connectivity index (χ3n) is 3.45. The lowest BCUT2D eigenvalue weighted by atomic mass is 10.1. The monoisotopic (exact) mass is 272 g/mol. The van der Waals surface area contributed by atoms with Crippen molar-refractivity contribution >= 4 is 12.2 Å². The van der Waals surface area contributed by atoms with Crippen LogP contribution >= 0.6 is 12.2 Å². The average Bonchev–Trinajstić information content (AvgIpc) is 3.22. The molecule has 1 aromatic heterocycles. The molecule has 1 N–H and O–H groups in total. The van der Waals surface area contributed by atoms with E-state index in [0.29, 0.717) is 10.6 Å². The molecule has 0 radical (unpaired) electrons. The fourth-order valence-electron chi connectivity index (χ4n) is 2.24. The van der Waals surface area contributed by atoms with Crippen LogP contribution in [0.3, 0.4) is 0 Å². The minimum Gasteiger partial charge on any atom is -0.497 e. The molecule has 3 nitrogen and oxygen atoms in total. The van der Waals surface area contributed by atoms with E-state index >= 15 is 0 Å². The maximum absolute atomic E-state index is 5.27. The van der Waals surface area contributed by atoms with Gasteiger partial charge < -0.3 is 9.72 Å². The minimum atomic E-state index is 0.570. The van der Waals surface area contributed by atoms with Crippen LogP contribution in [0.1, 0.15) is 30.1 Å². The molecule has 4 heteroatoms. The quantitative estimate of drug-likeness (QED) is 0.858. The molecular formula is C15H16N2OS. The van der Waals surface area contributed by atoms with Crippen molar-refractivity contribution in [3.63, 3.8) is 0 Å². The van der Waals surface area contributed by atoms with Gasteiger partial charge in [0.25, 0.3) is 0 Å². The number of aromatic nitrogens is 2. The maximum atomic E-state index is 5.27. The summed E-state index contributed by atoms with van der Waals surface area (Å²) in [7, 11) is 1.68. The molecule has 1 aromatic carbocycles. The van der Waals surface area contributed by atoms with Crippen LogP contribution in [0.4, 0.5) is 0 Å². The third kappa shape index (κ3) is 2.54. The third-order valence-corrected chi connectivity index (χ3v) is 3.66. The molecule has 0 aliphatic heterocycles. The number of methoxy groups -OCH3 is 1. The molecule has 0 atom stereocenters. The first-order valence-corrected chi connectivity index (χ1v) is 6.84. The average molecular weight is 272 g/mol. The fourth-order valence-corrected chi connectivity index (χ4v) is 2.45. The number of rotatable bonds is 3. The lowest BCUT2D eigenvalue weighted by Crippen LogP contribution is -1.96. The van der Waals surface area contributed by atoms with Crippen molar-refractivity contribution < 1.29 is 4.74 Å². The molecule has 1 fully saturated rings. The number of nitrogens with one attached hydrogen (secondary N) is 1. The first-order chi connectivity index (χ1) is 9.17. The summed E-state index contributed by atoms with van der Waals surface area (Å²) < 4.78 is 5.90. The highest BCUT2D eigenvalue weighted by Crippen LogP contribution is 2.38. The van der Waals surface area contributed by atoms with E-state index in [1.54, 1.807) is 7.11 Å². The molecule has 0 spiro atoms. The van der Waals surface area contributed by atoms with Gasteiger partial charge in [-0.25, -0.2) is 4.98 Å². The largest absolute Gasteiger partial charge is 0.497 e. The van der Waals surface area contributed by atoms with Crippen molar-refractivity contribution in [3.8, 4) is 17.0 Å². The predicted molar refractivity (Wildman–Crippen MR) is 78.1 cm³/mol. The van der Waals surface area contributed by atoms with Gasteiger partial charge in [0.1, 0.15) is 16.2 Å². The van der Waals surface area contributed by atoms with E-state index in [1.807, 2.05) is 18.2 Å². The van der Waals surface area contributed by atoms with E-state index in [0.717, 1.165) is 28.4 Å². The Balaban J connectivity index is 2.08. The SMILES string of the molecule is COc1ccc(-c2cc(=S)nc(C3CC3)[nH]2)c(C)c1. The minimum absolute atomic E-state index is 0.570. The zero-order valence-corrected chi connectivity index (χ0v) is 11.9. The molecule has 2 aromatic rings. The number of aromatic amines is 1. The normalized spacial score (nSPS) is 14.4. The highest BCUT2D eigenvalue weighted by molar-refractivity contribution is 7.71. The molecule has 3 rings (SSSR count). The molecule has 1 aliphatic rings. The number of ether oxygens (including phenoxy) is 1. The highest BCUT2D eigenvalue weighted by atomic mass is 32.1. The van der Waals surface area contributed by atoms with Gasteiger partial charge >= 0.3 is 0 Å². The molecule has 0 saturated heterocycles. The Morgan fingerprint density at radius 3 is 2.74 bits per heavy atom. The number of hydrogen-bond donors (Lipinski definition) is 1. The second kappa shape index (κ2) is 4.78. The predicted octanol–water partition coefficient (Wildman–Crippen LogP) is 4.00. The first kappa shape index (κ1) is 12.4. The van der Waals surface area contributed by atoms with Gasteiger partial charge in [0.05, 0.1) is 7.11 Å².